The lowest BCUT2D eigenvalue weighted by atomic mass is 9.97. The monoisotopic (exact) mass is 322 g/mol. The molecule has 4 heteroatoms. The third kappa shape index (κ3) is 3.13. The van der Waals surface area contributed by atoms with E-state index in [-0.39, 0.29) is 5.78 Å². The van der Waals surface area contributed by atoms with Crippen LogP contribution in [0.3, 0.4) is 0 Å². The van der Waals surface area contributed by atoms with E-state index < -0.39 is 11.6 Å². The zero-order valence-electron chi connectivity index (χ0n) is 12.5. The molecular formula is C20H12F2O2. The van der Waals surface area contributed by atoms with E-state index in [0.717, 1.165) is 0 Å². The number of ketones is 1. The zero-order chi connectivity index (χ0) is 17.1. The van der Waals surface area contributed by atoms with E-state index in [0.29, 0.717) is 34.1 Å². The third-order valence-corrected chi connectivity index (χ3v) is 3.71. The van der Waals surface area contributed by atoms with Crippen molar-refractivity contribution in [1.82, 2.24) is 0 Å². The molecule has 3 rings (SSSR count). The first-order valence-electron chi connectivity index (χ1n) is 7.24. The van der Waals surface area contributed by atoms with Crippen molar-refractivity contribution in [2.75, 3.05) is 0 Å². The topological polar surface area (TPSA) is 34.1 Å². The lowest BCUT2D eigenvalue weighted by Crippen LogP contribution is -2.01. The molecule has 0 saturated heterocycles. The van der Waals surface area contributed by atoms with E-state index in [1.54, 1.807) is 24.3 Å². The highest BCUT2D eigenvalue weighted by Gasteiger charge is 2.11. The largest absolute Gasteiger partial charge is 0.298 e. The van der Waals surface area contributed by atoms with E-state index in [2.05, 4.69) is 0 Å². The van der Waals surface area contributed by atoms with Gasteiger partial charge < -0.3 is 0 Å². The van der Waals surface area contributed by atoms with Gasteiger partial charge >= 0.3 is 0 Å². The predicted octanol–water partition coefficient (Wildman–Crippen LogP) is 4.68. The number of carbonyl (C=O) groups is 2. The Morgan fingerprint density at radius 2 is 1.29 bits per heavy atom. The van der Waals surface area contributed by atoms with Crippen LogP contribution in [-0.4, -0.2) is 12.1 Å². The molecule has 0 fully saturated rings. The number of halogens is 2. The summed E-state index contributed by atoms with van der Waals surface area (Å²) in [5.41, 5.74) is 2.27. The lowest BCUT2D eigenvalue weighted by Gasteiger charge is -2.07. The van der Waals surface area contributed by atoms with E-state index in [9.17, 15) is 18.4 Å². The summed E-state index contributed by atoms with van der Waals surface area (Å²) in [6.45, 7) is 0. The van der Waals surface area contributed by atoms with Gasteiger partial charge in [0, 0.05) is 16.7 Å². The minimum atomic E-state index is -0.443. The van der Waals surface area contributed by atoms with Crippen molar-refractivity contribution in [3.05, 3.63) is 95.1 Å². The van der Waals surface area contributed by atoms with Crippen LogP contribution in [0.5, 0.6) is 0 Å². The Hall–Kier alpha value is -3.14. The summed E-state index contributed by atoms with van der Waals surface area (Å²) in [5.74, 6) is -1.09. The molecule has 0 spiro atoms. The van der Waals surface area contributed by atoms with Crippen molar-refractivity contribution in [3.8, 4) is 11.1 Å². The average molecular weight is 322 g/mol. The maximum atomic E-state index is 13.4. The first kappa shape index (κ1) is 15.7. The lowest BCUT2D eigenvalue weighted by molar-refractivity contribution is 0.103. The van der Waals surface area contributed by atoms with Crippen LogP contribution >= 0.6 is 0 Å². The molecule has 3 aromatic carbocycles. The van der Waals surface area contributed by atoms with Gasteiger partial charge in [-0.3, -0.25) is 9.59 Å². The van der Waals surface area contributed by atoms with Crippen molar-refractivity contribution >= 4 is 12.1 Å². The van der Waals surface area contributed by atoms with Crippen LogP contribution in [0.4, 0.5) is 8.78 Å². The molecule has 0 bridgehead atoms. The molecule has 24 heavy (non-hydrogen) atoms. The van der Waals surface area contributed by atoms with E-state index >= 15 is 0 Å². The van der Waals surface area contributed by atoms with Crippen molar-refractivity contribution in [1.29, 1.82) is 0 Å². The quantitative estimate of drug-likeness (QED) is 0.516. The fraction of sp³-hybridized carbons (Fsp3) is 0. The van der Waals surface area contributed by atoms with E-state index in [1.807, 2.05) is 0 Å². The molecule has 118 valence electrons. The zero-order valence-corrected chi connectivity index (χ0v) is 12.5. The molecular weight excluding hydrogens is 310 g/mol. The predicted molar refractivity (Wildman–Crippen MR) is 87.1 cm³/mol. The van der Waals surface area contributed by atoms with Gasteiger partial charge in [0.15, 0.2) is 12.1 Å². The highest BCUT2D eigenvalue weighted by molar-refractivity contribution is 6.09. The molecule has 0 aliphatic rings. The van der Waals surface area contributed by atoms with Gasteiger partial charge in [-0.05, 0) is 53.6 Å². The summed E-state index contributed by atoms with van der Waals surface area (Å²) >= 11 is 0. The summed E-state index contributed by atoms with van der Waals surface area (Å²) in [6, 6.07) is 15.7. The molecule has 0 saturated carbocycles. The second-order valence-corrected chi connectivity index (χ2v) is 5.26. The molecule has 2 nitrogen and oxygen atoms in total. The van der Waals surface area contributed by atoms with Crippen LogP contribution in [0.1, 0.15) is 26.3 Å². The first-order chi connectivity index (χ1) is 11.6. The van der Waals surface area contributed by atoms with Gasteiger partial charge in [0.25, 0.3) is 0 Å². The minimum absolute atomic E-state index is 0.239. The van der Waals surface area contributed by atoms with Crippen molar-refractivity contribution in [2.45, 2.75) is 0 Å². The smallest absolute Gasteiger partial charge is 0.193 e. The maximum Gasteiger partial charge on any atom is 0.193 e. The summed E-state index contributed by atoms with van der Waals surface area (Å²) < 4.78 is 26.4. The Balaban J connectivity index is 1.94. The number of hydrogen-bond donors (Lipinski definition) is 0. The standard InChI is InChI=1S/C20H12F2O2/c21-17-8-5-15(6-9-17)20(24)14-3-1-13(2-4-14)19-11-18(22)10-7-16(19)12-23/h1-12H. The fourth-order valence-electron chi connectivity index (χ4n) is 2.45. The molecule has 0 unspecified atom stereocenters. The van der Waals surface area contributed by atoms with Crippen LogP contribution in [0, 0.1) is 11.6 Å². The minimum Gasteiger partial charge on any atom is -0.298 e. The number of benzene rings is 3. The average Bonchev–Trinajstić information content (AvgIpc) is 2.62. The van der Waals surface area contributed by atoms with Crippen LogP contribution in [0.25, 0.3) is 11.1 Å². The second kappa shape index (κ2) is 6.54. The van der Waals surface area contributed by atoms with E-state index in [4.69, 9.17) is 0 Å². The summed E-state index contributed by atoms with van der Waals surface area (Å²) in [6.07, 6.45) is 0.659. The molecule has 0 aromatic heterocycles. The number of aldehydes is 1. The summed E-state index contributed by atoms with van der Waals surface area (Å²) in [4.78, 5) is 23.4. The molecule has 3 aromatic rings. The SMILES string of the molecule is O=Cc1ccc(F)cc1-c1ccc(C(=O)c2ccc(F)cc2)cc1. The summed E-state index contributed by atoms with van der Waals surface area (Å²) in [7, 11) is 0. The van der Waals surface area contributed by atoms with Gasteiger partial charge in [-0.25, -0.2) is 8.78 Å². The maximum absolute atomic E-state index is 13.4. The third-order valence-electron chi connectivity index (χ3n) is 3.71. The highest BCUT2D eigenvalue weighted by Crippen LogP contribution is 2.25. The summed E-state index contributed by atoms with van der Waals surface area (Å²) in [5, 5.41) is 0. The van der Waals surface area contributed by atoms with Crippen LogP contribution in [0.15, 0.2) is 66.7 Å². The normalized spacial score (nSPS) is 10.4. The Labute approximate surface area is 137 Å². The fourth-order valence-corrected chi connectivity index (χ4v) is 2.45. The Morgan fingerprint density at radius 3 is 1.88 bits per heavy atom. The number of carbonyl (C=O) groups excluding carboxylic acids is 2. The highest BCUT2D eigenvalue weighted by atomic mass is 19.1. The van der Waals surface area contributed by atoms with Crippen LogP contribution in [0.2, 0.25) is 0 Å². The van der Waals surface area contributed by atoms with Gasteiger partial charge in [-0.15, -0.1) is 0 Å². The molecule has 0 aliphatic heterocycles. The van der Waals surface area contributed by atoms with Gasteiger partial charge in [-0.1, -0.05) is 24.3 Å². The van der Waals surface area contributed by atoms with Crippen LogP contribution in [-0.2, 0) is 0 Å². The molecule has 0 heterocycles. The van der Waals surface area contributed by atoms with Crippen LogP contribution < -0.4 is 0 Å². The van der Waals surface area contributed by atoms with Crippen molar-refractivity contribution in [3.63, 3.8) is 0 Å². The number of rotatable bonds is 4. The second-order valence-electron chi connectivity index (χ2n) is 5.26. The molecule has 0 amide bonds. The van der Waals surface area contributed by atoms with Gasteiger partial charge in [0.1, 0.15) is 11.6 Å². The van der Waals surface area contributed by atoms with Gasteiger partial charge in [0.05, 0.1) is 0 Å². The van der Waals surface area contributed by atoms with Gasteiger partial charge in [0.2, 0.25) is 0 Å². The Kier molecular flexibility index (Phi) is 4.29. The molecule has 0 atom stereocenters. The first-order valence-corrected chi connectivity index (χ1v) is 7.24. The van der Waals surface area contributed by atoms with Crippen molar-refractivity contribution < 1.29 is 18.4 Å². The molecule has 0 N–H and O–H groups in total. The number of hydrogen-bond acceptors (Lipinski definition) is 2. The Morgan fingerprint density at radius 1 is 0.750 bits per heavy atom. The molecule has 0 radical (unpaired) electrons. The Bertz CT molecular complexity index is 898. The van der Waals surface area contributed by atoms with Gasteiger partial charge in [-0.2, -0.15) is 0 Å². The van der Waals surface area contributed by atoms with E-state index in [1.165, 1.54) is 42.5 Å². The molecule has 0 aliphatic carbocycles. The van der Waals surface area contributed by atoms with Crippen molar-refractivity contribution in [2.24, 2.45) is 0 Å².